The molecule has 1 aliphatic heterocycles. The number of ether oxygens (including phenoxy) is 1. The zero-order valence-electron chi connectivity index (χ0n) is 17.8. The van der Waals surface area contributed by atoms with Gasteiger partial charge in [-0.25, -0.2) is 0 Å². The summed E-state index contributed by atoms with van der Waals surface area (Å²) in [7, 11) is -4.11. The van der Waals surface area contributed by atoms with Gasteiger partial charge >= 0.3 is 10.1 Å². The molecule has 1 aliphatic rings. The van der Waals surface area contributed by atoms with Crippen LogP contribution in [0.1, 0.15) is 12.8 Å². The van der Waals surface area contributed by atoms with Crippen molar-refractivity contribution in [3.63, 3.8) is 0 Å². The smallest absolute Gasteiger partial charge is 0.340 e. The second-order valence-electron chi connectivity index (χ2n) is 7.67. The van der Waals surface area contributed by atoms with E-state index >= 15 is 0 Å². The van der Waals surface area contributed by atoms with Crippen molar-refractivity contribution in [2.45, 2.75) is 17.7 Å². The van der Waals surface area contributed by atoms with Gasteiger partial charge in [0.15, 0.2) is 5.75 Å². The van der Waals surface area contributed by atoms with Crippen LogP contribution in [-0.2, 0) is 10.1 Å². The maximum Gasteiger partial charge on any atom is 0.340 e. The van der Waals surface area contributed by atoms with Gasteiger partial charge in [0.2, 0.25) is 0 Å². The van der Waals surface area contributed by atoms with Crippen LogP contribution in [0.5, 0.6) is 11.5 Å². The molecule has 3 aromatic rings. The lowest BCUT2D eigenvalue weighted by Crippen LogP contribution is -2.34. The zero-order chi connectivity index (χ0) is 22.6. The van der Waals surface area contributed by atoms with Gasteiger partial charge < -0.3 is 19.7 Å². The first-order valence-corrected chi connectivity index (χ1v) is 12.1. The Morgan fingerprint density at radius 1 is 1.09 bits per heavy atom. The molecule has 0 atom stereocenters. The van der Waals surface area contributed by atoms with E-state index < -0.39 is 10.1 Å². The Labute approximate surface area is 204 Å². The molecular weight excluding hydrogens is 485 g/mol. The average molecular weight is 510 g/mol. The maximum absolute atomic E-state index is 12.9. The minimum absolute atomic E-state index is 0. The van der Waals surface area contributed by atoms with E-state index in [0.717, 1.165) is 31.3 Å². The van der Waals surface area contributed by atoms with Gasteiger partial charge in [-0.05, 0) is 42.3 Å². The molecule has 1 saturated heterocycles. The van der Waals surface area contributed by atoms with Crippen LogP contribution in [0.4, 0.5) is 0 Å². The van der Waals surface area contributed by atoms with Gasteiger partial charge in [0, 0.05) is 24.5 Å². The summed E-state index contributed by atoms with van der Waals surface area (Å²) in [5.41, 5.74) is 0. The minimum atomic E-state index is -4.11. The van der Waals surface area contributed by atoms with Gasteiger partial charge in [-0.1, -0.05) is 48.0 Å². The molecule has 0 spiro atoms. The summed E-state index contributed by atoms with van der Waals surface area (Å²) in [6, 6.07) is 17.1. The molecular formula is C23H25Cl2N3O4S. The third-order valence-corrected chi connectivity index (χ3v) is 7.20. The molecule has 1 fully saturated rings. The number of halogens is 2. The fourth-order valence-corrected chi connectivity index (χ4v) is 5.19. The predicted molar refractivity (Wildman–Crippen MR) is 133 cm³/mol. The lowest BCUT2D eigenvalue weighted by Gasteiger charge is -2.30. The molecule has 0 bridgehead atoms. The van der Waals surface area contributed by atoms with E-state index in [0.29, 0.717) is 23.7 Å². The van der Waals surface area contributed by atoms with Gasteiger partial charge in [0.25, 0.3) is 0 Å². The first-order valence-electron chi connectivity index (χ1n) is 10.3. The van der Waals surface area contributed by atoms with Gasteiger partial charge in [0.1, 0.15) is 17.0 Å². The van der Waals surface area contributed by atoms with Crippen LogP contribution in [0, 0.1) is 5.92 Å². The largest absolute Gasteiger partial charge is 0.493 e. The molecule has 1 heterocycles. The van der Waals surface area contributed by atoms with Crippen LogP contribution in [0.15, 0.2) is 70.7 Å². The van der Waals surface area contributed by atoms with Crippen molar-refractivity contribution in [2.24, 2.45) is 16.9 Å². The molecule has 0 aromatic heterocycles. The van der Waals surface area contributed by atoms with Crippen molar-refractivity contribution in [1.29, 1.82) is 0 Å². The summed E-state index contributed by atoms with van der Waals surface area (Å²) in [4.78, 5) is 2.00. The third-order valence-electron chi connectivity index (χ3n) is 5.47. The van der Waals surface area contributed by atoms with Crippen molar-refractivity contribution in [3.05, 3.63) is 65.7 Å². The number of nitrogens with zero attached hydrogens (tertiary/aromatic N) is 2. The van der Waals surface area contributed by atoms with E-state index in [2.05, 4.69) is 10.0 Å². The fraction of sp³-hybridized carbons (Fsp3) is 0.261. The van der Waals surface area contributed by atoms with Gasteiger partial charge in [-0.2, -0.15) is 13.5 Å². The van der Waals surface area contributed by atoms with Gasteiger partial charge in [0.05, 0.1) is 11.6 Å². The van der Waals surface area contributed by atoms with Crippen LogP contribution < -0.4 is 14.8 Å². The number of hydrazone groups is 1. The molecule has 0 amide bonds. The Balaban J connectivity index is 0.00000306. The number of nitrogens with two attached hydrogens (primary N) is 1. The SMILES string of the molecule is Cl.NN=CN1CCC(COc2cc(OS(=O)(=O)c3ccccc3Cl)c3ccccc3c2)CC1. The number of benzene rings is 3. The maximum atomic E-state index is 12.9. The van der Waals surface area contributed by atoms with Gasteiger partial charge in [-0.3, -0.25) is 0 Å². The average Bonchev–Trinajstić information content (AvgIpc) is 2.79. The summed E-state index contributed by atoms with van der Waals surface area (Å²) in [6.45, 7) is 2.27. The van der Waals surface area contributed by atoms with E-state index in [1.54, 1.807) is 24.5 Å². The van der Waals surface area contributed by atoms with Crippen molar-refractivity contribution in [3.8, 4) is 11.5 Å². The number of likely N-dealkylation sites (tertiary alicyclic amines) is 1. The highest BCUT2D eigenvalue weighted by Gasteiger charge is 2.22. The summed E-state index contributed by atoms with van der Waals surface area (Å²) < 4.78 is 37.4. The second-order valence-corrected chi connectivity index (χ2v) is 9.59. The highest BCUT2D eigenvalue weighted by molar-refractivity contribution is 7.87. The summed E-state index contributed by atoms with van der Waals surface area (Å²) >= 11 is 6.09. The Morgan fingerprint density at radius 2 is 1.79 bits per heavy atom. The Morgan fingerprint density at radius 3 is 2.52 bits per heavy atom. The molecule has 0 saturated carbocycles. The number of piperidine rings is 1. The normalized spacial score (nSPS) is 14.9. The van der Waals surface area contributed by atoms with E-state index in [9.17, 15) is 8.42 Å². The van der Waals surface area contributed by atoms with Crippen molar-refractivity contribution in [1.82, 2.24) is 4.90 Å². The standard InChI is InChI=1S/C23H24ClN3O4S.ClH/c24-21-7-3-4-8-23(21)32(28,29)31-22-14-19(13-18-5-1-2-6-20(18)22)30-15-17-9-11-27(12-10-17)16-26-25;/h1-8,13-14,16-17H,9-12,15,25H2;1H. The summed E-state index contributed by atoms with van der Waals surface area (Å²) in [6.07, 6.45) is 3.58. The van der Waals surface area contributed by atoms with Crippen LogP contribution in [-0.4, -0.2) is 39.4 Å². The van der Waals surface area contributed by atoms with Crippen LogP contribution in [0.3, 0.4) is 0 Å². The van der Waals surface area contributed by atoms with E-state index in [1.807, 2.05) is 30.3 Å². The lowest BCUT2D eigenvalue weighted by atomic mass is 9.98. The molecule has 0 unspecified atom stereocenters. The summed E-state index contributed by atoms with van der Waals surface area (Å²) in [5, 5.41) is 5.17. The minimum Gasteiger partial charge on any atom is -0.493 e. The summed E-state index contributed by atoms with van der Waals surface area (Å²) in [5.74, 6) is 6.36. The molecule has 2 N–H and O–H groups in total. The number of hydrogen-bond donors (Lipinski definition) is 1. The topological polar surface area (TPSA) is 94.2 Å². The molecule has 3 aromatic carbocycles. The molecule has 7 nitrogen and oxygen atoms in total. The van der Waals surface area contributed by atoms with E-state index in [4.69, 9.17) is 26.4 Å². The third kappa shape index (κ3) is 6.01. The Kier molecular flexibility index (Phi) is 8.29. The highest BCUT2D eigenvalue weighted by Crippen LogP contribution is 2.34. The zero-order valence-corrected chi connectivity index (χ0v) is 20.2. The van der Waals surface area contributed by atoms with Crippen LogP contribution in [0.25, 0.3) is 10.8 Å². The molecule has 4 rings (SSSR count). The Bertz CT molecular complexity index is 1230. The number of fused-ring (bicyclic) bond motifs is 1. The fourth-order valence-electron chi connectivity index (χ4n) is 3.76. The van der Waals surface area contributed by atoms with Crippen LogP contribution in [0.2, 0.25) is 5.02 Å². The highest BCUT2D eigenvalue weighted by atomic mass is 35.5. The van der Waals surface area contributed by atoms with Crippen molar-refractivity contribution >= 4 is 51.2 Å². The molecule has 0 radical (unpaired) electrons. The Hall–Kier alpha value is -2.68. The number of hydrogen-bond acceptors (Lipinski definition) is 6. The van der Waals surface area contributed by atoms with E-state index in [1.165, 1.54) is 12.1 Å². The van der Waals surface area contributed by atoms with E-state index in [-0.39, 0.29) is 28.1 Å². The molecule has 10 heteroatoms. The van der Waals surface area contributed by atoms with Crippen LogP contribution >= 0.6 is 24.0 Å². The van der Waals surface area contributed by atoms with Gasteiger partial charge in [-0.15, -0.1) is 12.4 Å². The van der Waals surface area contributed by atoms with Crippen molar-refractivity contribution < 1.29 is 17.3 Å². The van der Waals surface area contributed by atoms with Crippen molar-refractivity contribution in [2.75, 3.05) is 19.7 Å². The first-order chi connectivity index (χ1) is 15.5. The first kappa shape index (κ1) is 25.0. The molecule has 176 valence electrons. The predicted octanol–water partition coefficient (Wildman–Crippen LogP) is 4.68. The quantitative estimate of drug-likeness (QED) is 0.163. The molecule has 0 aliphatic carbocycles. The lowest BCUT2D eigenvalue weighted by molar-refractivity contribution is 0.183. The second kappa shape index (κ2) is 11.0. The monoisotopic (exact) mass is 509 g/mol. The molecule has 33 heavy (non-hydrogen) atoms. The number of rotatable bonds is 7.